The topological polar surface area (TPSA) is 54.5 Å². The Balaban J connectivity index is 1.62. The quantitative estimate of drug-likeness (QED) is 0.867. The summed E-state index contributed by atoms with van der Waals surface area (Å²) in [5.41, 5.74) is -1.35. The number of nitrogens with one attached hydrogen (secondary N) is 1. The largest absolute Gasteiger partial charge is 0.444 e. The number of amides is 1. The summed E-state index contributed by atoms with van der Waals surface area (Å²) in [7, 11) is 0. The van der Waals surface area contributed by atoms with Gasteiger partial charge in [-0.15, -0.1) is 0 Å². The number of ether oxygens (including phenoxy) is 1. The summed E-state index contributed by atoms with van der Waals surface area (Å²) in [6.45, 7) is 6.59. The van der Waals surface area contributed by atoms with Crippen molar-refractivity contribution in [2.45, 2.75) is 51.4 Å². The molecule has 26 heavy (non-hydrogen) atoms. The number of carbonyl (C=O) groups is 1. The number of nitrogens with zero attached hydrogens (tertiary/aromatic N) is 2. The Bertz CT molecular complexity index is 655. The van der Waals surface area contributed by atoms with Gasteiger partial charge in [-0.2, -0.15) is 13.2 Å². The third kappa shape index (κ3) is 4.59. The lowest BCUT2D eigenvalue weighted by Gasteiger charge is -2.36. The van der Waals surface area contributed by atoms with Crippen molar-refractivity contribution in [1.29, 1.82) is 0 Å². The van der Waals surface area contributed by atoms with Gasteiger partial charge >= 0.3 is 12.3 Å². The maximum Gasteiger partial charge on any atom is 0.417 e. The normalized spacial score (nSPS) is 25.5. The van der Waals surface area contributed by atoms with Gasteiger partial charge < -0.3 is 15.0 Å². The first-order valence-electron chi connectivity index (χ1n) is 8.79. The summed E-state index contributed by atoms with van der Waals surface area (Å²) in [6, 6.07) is 2.25. The fraction of sp³-hybridized carbons (Fsp3) is 0.667. The van der Waals surface area contributed by atoms with E-state index in [4.69, 9.17) is 4.74 Å². The van der Waals surface area contributed by atoms with Crippen LogP contribution in [0.5, 0.6) is 0 Å². The molecule has 8 heteroatoms. The predicted molar refractivity (Wildman–Crippen MR) is 90.7 cm³/mol. The molecule has 1 N–H and O–H groups in total. The molecule has 144 valence electrons. The SMILES string of the molecule is CC(C)(C)OC(=O)N1C[C@@H]2C[C@@H]2C[C@H]1CNc1ccc(C(F)(F)F)cn1. The third-order valence-corrected chi connectivity index (χ3v) is 4.75. The van der Waals surface area contributed by atoms with Gasteiger partial charge in [-0.3, -0.25) is 0 Å². The predicted octanol–water partition coefficient (Wildman–Crippen LogP) is 4.16. The number of rotatable bonds is 3. The minimum absolute atomic E-state index is 0.0577. The van der Waals surface area contributed by atoms with Gasteiger partial charge in [0.15, 0.2) is 0 Å². The first-order chi connectivity index (χ1) is 12.0. The van der Waals surface area contributed by atoms with E-state index in [0.29, 0.717) is 30.7 Å². The number of fused-ring (bicyclic) bond motifs is 1. The lowest BCUT2D eigenvalue weighted by molar-refractivity contribution is -0.137. The molecular formula is C18H24F3N3O2. The molecule has 0 unspecified atom stereocenters. The molecule has 3 atom stereocenters. The van der Waals surface area contributed by atoms with Crippen LogP contribution >= 0.6 is 0 Å². The van der Waals surface area contributed by atoms with Crippen LogP contribution in [0, 0.1) is 11.8 Å². The fourth-order valence-electron chi connectivity index (χ4n) is 3.33. The van der Waals surface area contributed by atoms with Crippen molar-refractivity contribution in [3.05, 3.63) is 23.9 Å². The second-order valence-corrected chi connectivity index (χ2v) is 8.09. The first kappa shape index (κ1) is 18.8. The lowest BCUT2D eigenvalue weighted by atomic mass is 10.0. The molecule has 1 saturated heterocycles. The number of likely N-dealkylation sites (tertiary alicyclic amines) is 1. The number of pyridine rings is 1. The van der Waals surface area contributed by atoms with Crippen molar-refractivity contribution in [1.82, 2.24) is 9.88 Å². The van der Waals surface area contributed by atoms with Gasteiger partial charge in [0.1, 0.15) is 11.4 Å². The summed E-state index contributed by atoms with van der Waals surface area (Å²) >= 11 is 0. The molecule has 1 aliphatic carbocycles. The highest BCUT2D eigenvalue weighted by Crippen LogP contribution is 2.47. The maximum atomic E-state index is 12.6. The van der Waals surface area contributed by atoms with Gasteiger partial charge in [0.2, 0.25) is 0 Å². The summed E-state index contributed by atoms with van der Waals surface area (Å²) in [5, 5.41) is 3.05. The van der Waals surface area contributed by atoms with Crippen molar-refractivity contribution in [3.8, 4) is 0 Å². The van der Waals surface area contributed by atoms with E-state index in [9.17, 15) is 18.0 Å². The molecular weight excluding hydrogens is 347 g/mol. The van der Waals surface area contributed by atoms with Crippen LogP contribution in [0.2, 0.25) is 0 Å². The second kappa shape index (κ2) is 6.63. The third-order valence-electron chi connectivity index (χ3n) is 4.75. The number of piperidine rings is 1. The molecule has 3 rings (SSSR count). The Morgan fingerprint density at radius 2 is 2.00 bits per heavy atom. The molecule has 1 aromatic heterocycles. The van der Waals surface area contributed by atoms with E-state index in [2.05, 4.69) is 10.3 Å². The fourth-order valence-corrected chi connectivity index (χ4v) is 3.33. The van der Waals surface area contributed by atoms with Crippen LogP contribution < -0.4 is 5.32 Å². The number of aromatic nitrogens is 1. The van der Waals surface area contributed by atoms with Crippen LogP contribution in [0.3, 0.4) is 0 Å². The number of hydrogen-bond donors (Lipinski definition) is 1. The average molecular weight is 371 g/mol. The Kier molecular flexibility index (Phi) is 4.79. The molecule has 1 amide bonds. The molecule has 0 radical (unpaired) electrons. The van der Waals surface area contributed by atoms with Gasteiger partial charge in [-0.25, -0.2) is 9.78 Å². The number of alkyl halides is 3. The van der Waals surface area contributed by atoms with Crippen LogP contribution in [0.1, 0.15) is 39.2 Å². The minimum Gasteiger partial charge on any atom is -0.444 e. The Morgan fingerprint density at radius 1 is 1.27 bits per heavy atom. The Labute approximate surface area is 150 Å². The standard InChI is InChI=1S/C18H24F3N3O2/c1-17(2,3)26-16(25)24-10-12-6-11(12)7-14(24)9-23-15-5-4-13(8-22-15)18(19,20)21/h4-5,8,11-12,14H,6-7,9-10H2,1-3H3,(H,22,23)/t11-,12+,14+/m1/s1. The summed E-state index contributed by atoms with van der Waals surface area (Å²) in [4.78, 5) is 18.1. The van der Waals surface area contributed by atoms with Crippen molar-refractivity contribution in [3.63, 3.8) is 0 Å². The van der Waals surface area contributed by atoms with Gasteiger partial charge in [0, 0.05) is 19.3 Å². The molecule has 1 aliphatic heterocycles. The van der Waals surface area contributed by atoms with Gasteiger partial charge in [0.25, 0.3) is 0 Å². The van der Waals surface area contributed by atoms with E-state index in [0.717, 1.165) is 25.1 Å². The van der Waals surface area contributed by atoms with Crippen molar-refractivity contribution in [2.24, 2.45) is 11.8 Å². The minimum atomic E-state index is -4.40. The molecule has 2 heterocycles. The second-order valence-electron chi connectivity index (χ2n) is 8.09. The highest BCUT2D eigenvalue weighted by Gasteiger charge is 2.47. The number of anilines is 1. The maximum absolute atomic E-state index is 12.6. The van der Waals surface area contributed by atoms with E-state index in [1.54, 1.807) is 4.90 Å². The molecule has 0 aromatic carbocycles. The average Bonchev–Trinajstić information content (AvgIpc) is 3.28. The first-order valence-corrected chi connectivity index (χ1v) is 8.79. The van der Waals surface area contributed by atoms with Gasteiger partial charge in [-0.1, -0.05) is 0 Å². The van der Waals surface area contributed by atoms with Crippen LogP contribution in [0.4, 0.5) is 23.8 Å². The zero-order chi connectivity index (χ0) is 19.1. The van der Waals surface area contributed by atoms with E-state index in [-0.39, 0.29) is 12.1 Å². The molecule has 5 nitrogen and oxygen atoms in total. The van der Waals surface area contributed by atoms with Crippen LogP contribution in [-0.4, -0.2) is 40.7 Å². The van der Waals surface area contributed by atoms with Crippen molar-refractivity contribution in [2.75, 3.05) is 18.4 Å². The van der Waals surface area contributed by atoms with E-state index < -0.39 is 17.3 Å². The molecule has 2 fully saturated rings. The zero-order valence-corrected chi connectivity index (χ0v) is 15.1. The van der Waals surface area contributed by atoms with Crippen molar-refractivity contribution >= 4 is 11.9 Å². The Morgan fingerprint density at radius 3 is 2.58 bits per heavy atom. The van der Waals surface area contributed by atoms with Crippen LogP contribution in [0.25, 0.3) is 0 Å². The number of carbonyl (C=O) groups excluding carboxylic acids is 1. The molecule has 1 saturated carbocycles. The van der Waals surface area contributed by atoms with Crippen LogP contribution in [-0.2, 0) is 10.9 Å². The van der Waals surface area contributed by atoms with Crippen LogP contribution in [0.15, 0.2) is 18.3 Å². The Hall–Kier alpha value is -1.99. The van der Waals surface area contributed by atoms with Crippen molar-refractivity contribution < 1.29 is 22.7 Å². The van der Waals surface area contributed by atoms with Gasteiger partial charge in [0.05, 0.1) is 11.6 Å². The lowest BCUT2D eigenvalue weighted by Crippen LogP contribution is -2.49. The van der Waals surface area contributed by atoms with Gasteiger partial charge in [-0.05, 0) is 57.6 Å². The summed E-state index contributed by atoms with van der Waals surface area (Å²) in [6.07, 6.45) is -1.93. The molecule has 0 spiro atoms. The van der Waals surface area contributed by atoms with E-state index in [1.807, 2.05) is 20.8 Å². The number of hydrogen-bond acceptors (Lipinski definition) is 4. The summed E-state index contributed by atoms with van der Waals surface area (Å²) in [5.74, 6) is 1.53. The number of halogens is 3. The monoisotopic (exact) mass is 371 g/mol. The molecule has 1 aromatic rings. The highest BCUT2D eigenvalue weighted by molar-refractivity contribution is 5.69. The molecule has 2 aliphatic rings. The zero-order valence-electron chi connectivity index (χ0n) is 15.1. The highest BCUT2D eigenvalue weighted by atomic mass is 19.4. The van der Waals surface area contributed by atoms with E-state index in [1.165, 1.54) is 6.07 Å². The van der Waals surface area contributed by atoms with E-state index >= 15 is 0 Å². The summed E-state index contributed by atoms with van der Waals surface area (Å²) < 4.78 is 43.3. The smallest absolute Gasteiger partial charge is 0.417 e. The molecule has 0 bridgehead atoms.